The first-order valence-corrected chi connectivity index (χ1v) is 12.0. The van der Waals surface area contributed by atoms with Gasteiger partial charge in [-0.3, -0.25) is 9.59 Å². The predicted octanol–water partition coefficient (Wildman–Crippen LogP) is 5.42. The highest BCUT2D eigenvalue weighted by Crippen LogP contribution is 2.39. The lowest BCUT2D eigenvalue weighted by Crippen LogP contribution is -2.22. The van der Waals surface area contributed by atoms with Crippen LogP contribution >= 0.6 is 22.9 Å². The Morgan fingerprint density at radius 3 is 2.56 bits per heavy atom. The third-order valence-corrected chi connectivity index (χ3v) is 7.13. The van der Waals surface area contributed by atoms with Gasteiger partial charge in [-0.2, -0.15) is 5.26 Å². The number of amides is 1. The molecule has 0 saturated carbocycles. The maximum atomic E-state index is 12.9. The maximum Gasteiger partial charge on any atom is 0.339 e. The molecule has 0 fully saturated rings. The average molecular weight is 493 g/mol. The Morgan fingerprint density at radius 2 is 1.85 bits per heavy atom. The number of halogens is 1. The second-order valence-electron chi connectivity index (χ2n) is 8.17. The van der Waals surface area contributed by atoms with Crippen LogP contribution in [-0.4, -0.2) is 24.3 Å². The van der Waals surface area contributed by atoms with Gasteiger partial charge in [-0.15, -0.1) is 11.3 Å². The van der Waals surface area contributed by atoms with Gasteiger partial charge in [0, 0.05) is 21.0 Å². The molecule has 0 spiro atoms. The molecule has 0 aliphatic heterocycles. The van der Waals surface area contributed by atoms with Gasteiger partial charge in [0.1, 0.15) is 11.1 Å². The fourth-order valence-electron chi connectivity index (χ4n) is 3.94. The van der Waals surface area contributed by atoms with Crippen molar-refractivity contribution in [3.05, 3.63) is 86.2 Å². The van der Waals surface area contributed by atoms with Crippen LogP contribution in [0.1, 0.15) is 55.6 Å². The van der Waals surface area contributed by atoms with Crippen molar-refractivity contribution in [2.45, 2.75) is 26.2 Å². The molecule has 4 rings (SSSR count). The molecule has 1 aliphatic carbocycles. The van der Waals surface area contributed by atoms with Crippen molar-refractivity contribution < 1.29 is 19.1 Å². The van der Waals surface area contributed by atoms with Gasteiger partial charge < -0.3 is 10.1 Å². The fraction of sp³-hybridized carbons (Fsp3) is 0.231. The zero-order valence-corrected chi connectivity index (χ0v) is 20.0. The van der Waals surface area contributed by atoms with E-state index < -0.39 is 18.5 Å². The summed E-state index contributed by atoms with van der Waals surface area (Å²) in [6.45, 7) is 1.63. The smallest absolute Gasteiger partial charge is 0.339 e. The van der Waals surface area contributed by atoms with Crippen molar-refractivity contribution in [3.63, 3.8) is 0 Å². The van der Waals surface area contributed by atoms with Crippen LogP contribution in [0, 0.1) is 17.2 Å². The van der Waals surface area contributed by atoms with Gasteiger partial charge in [0.15, 0.2) is 12.4 Å². The lowest BCUT2D eigenvalue weighted by molar-refractivity contribution is -0.119. The third-order valence-electron chi connectivity index (χ3n) is 5.71. The summed E-state index contributed by atoms with van der Waals surface area (Å²) in [4.78, 5) is 39.2. The molecule has 0 radical (unpaired) electrons. The third kappa shape index (κ3) is 5.04. The maximum absolute atomic E-state index is 12.9. The second kappa shape index (κ2) is 10.2. The SMILES string of the molecule is C[C@H]1CCc2c(sc(NC(=O)COC(=O)c3ccccc3C(=O)c3ccc(Cl)cc3)c2C#N)C1. The number of carbonyl (C=O) groups is 3. The number of nitrogens with zero attached hydrogens (tertiary/aromatic N) is 1. The van der Waals surface area contributed by atoms with E-state index in [1.807, 2.05) is 0 Å². The zero-order valence-electron chi connectivity index (χ0n) is 18.4. The lowest BCUT2D eigenvalue weighted by Gasteiger charge is -2.17. The molecule has 8 heteroatoms. The van der Waals surface area contributed by atoms with Gasteiger partial charge in [0.25, 0.3) is 5.91 Å². The number of ketones is 1. The molecule has 1 amide bonds. The van der Waals surface area contributed by atoms with E-state index in [0.717, 1.165) is 29.7 Å². The van der Waals surface area contributed by atoms with Crippen LogP contribution in [0.15, 0.2) is 48.5 Å². The summed E-state index contributed by atoms with van der Waals surface area (Å²) in [7, 11) is 0. The van der Waals surface area contributed by atoms with Crippen LogP contribution in [0.25, 0.3) is 0 Å². The highest BCUT2D eigenvalue weighted by molar-refractivity contribution is 7.16. The molecule has 1 N–H and O–H groups in total. The van der Waals surface area contributed by atoms with Gasteiger partial charge in [-0.05, 0) is 61.1 Å². The van der Waals surface area contributed by atoms with Gasteiger partial charge in [0.05, 0.1) is 11.1 Å². The zero-order chi connectivity index (χ0) is 24.2. The number of fused-ring (bicyclic) bond motifs is 1. The molecular formula is C26H21ClN2O4S. The summed E-state index contributed by atoms with van der Waals surface area (Å²) < 4.78 is 5.20. The number of hydrogen-bond acceptors (Lipinski definition) is 6. The molecule has 0 saturated heterocycles. The Balaban J connectivity index is 1.44. The van der Waals surface area contributed by atoms with Gasteiger partial charge >= 0.3 is 5.97 Å². The summed E-state index contributed by atoms with van der Waals surface area (Å²) >= 11 is 7.29. The molecule has 1 aromatic heterocycles. The van der Waals surface area contributed by atoms with E-state index in [1.165, 1.54) is 23.5 Å². The highest BCUT2D eigenvalue weighted by atomic mass is 35.5. The molecule has 1 aliphatic rings. The van der Waals surface area contributed by atoms with Gasteiger partial charge in [-0.1, -0.05) is 36.7 Å². The number of nitrogens with one attached hydrogen (secondary N) is 1. The molecule has 1 heterocycles. The summed E-state index contributed by atoms with van der Waals surface area (Å²) in [6.07, 6.45) is 2.72. The summed E-state index contributed by atoms with van der Waals surface area (Å²) in [6, 6.07) is 14.8. The summed E-state index contributed by atoms with van der Waals surface area (Å²) in [5, 5.41) is 13.3. The van der Waals surface area contributed by atoms with E-state index in [2.05, 4.69) is 18.3 Å². The summed E-state index contributed by atoms with van der Waals surface area (Å²) in [5.41, 5.74) is 2.11. The Hall–Kier alpha value is -3.47. The van der Waals surface area contributed by atoms with Crippen LogP contribution in [0.2, 0.25) is 5.02 Å². The molecule has 0 bridgehead atoms. The lowest BCUT2D eigenvalue weighted by atomic mass is 9.89. The standard InChI is InChI=1S/C26H21ClN2O4S/c1-15-6-11-18-21(13-28)25(34-22(18)12-15)29-23(30)14-33-26(32)20-5-3-2-4-19(20)24(31)16-7-9-17(27)10-8-16/h2-5,7-10,15H,6,11-12,14H2,1H3,(H,29,30)/t15-/m0/s1. The second-order valence-corrected chi connectivity index (χ2v) is 9.72. The van der Waals surface area contributed by atoms with Crippen molar-refractivity contribution in [2.24, 2.45) is 5.92 Å². The minimum Gasteiger partial charge on any atom is -0.452 e. The minimum atomic E-state index is -0.784. The van der Waals surface area contributed by atoms with Crippen molar-refractivity contribution in [3.8, 4) is 6.07 Å². The van der Waals surface area contributed by atoms with Gasteiger partial charge in [-0.25, -0.2) is 4.79 Å². The first kappa shape index (κ1) is 23.7. The van der Waals surface area contributed by atoms with Gasteiger partial charge in [0.2, 0.25) is 0 Å². The molecular weight excluding hydrogens is 472 g/mol. The number of hydrogen-bond donors (Lipinski definition) is 1. The molecule has 1 atom stereocenters. The van der Waals surface area contributed by atoms with E-state index in [4.69, 9.17) is 16.3 Å². The first-order valence-electron chi connectivity index (χ1n) is 10.8. The van der Waals surface area contributed by atoms with Crippen molar-refractivity contribution in [2.75, 3.05) is 11.9 Å². The Morgan fingerprint density at radius 1 is 1.15 bits per heavy atom. The monoisotopic (exact) mass is 492 g/mol. The average Bonchev–Trinajstić information content (AvgIpc) is 3.18. The molecule has 6 nitrogen and oxygen atoms in total. The number of thiophene rings is 1. The number of anilines is 1. The van der Waals surface area contributed by atoms with Crippen LogP contribution in [-0.2, 0) is 22.4 Å². The number of ether oxygens (including phenoxy) is 1. The van der Waals surface area contributed by atoms with E-state index in [1.54, 1.807) is 36.4 Å². The topological polar surface area (TPSA) is 96.3 Å². The van der Waals surface area contributed by atoms with Crippen LogP contribution < -0.4 is 5.32 Å². The predicted molar refractivity (Wildman–Crippen MR) is 130 cm³/mol. The molecule has 34 heavy (non-hydrogen) atoms. The number of esters is 1. The van der Waals surface area contributed by atoms with E-state index in [9.17, 15) is 19.6 Å². The number of benzene rings is 2. The van der Waals surface area contributed by atoms with Crippen molar-refractivity contribution >= 4 is 45.6 Å². The fourth-order valence-corrected chi connectivity index (χ4v) is 5.45. The normalized spacial score (nSPS) is 14.6. The minimum absolute atomic E-state index is 0.0635. The number of carbonyl (C=O) groups excluding carboxylic acids is 3. The van der Waals surface area contributed by atoms with E-state index >= 15 is 0 Å². The van der Waals surface area contributed by atoms with Crippen molar-refractivity contribution in [1.82, 2.24) is 0 Å². The highest BCUT2D eigenvalue weighted by Gasteiger charge is 2.25. The molecule has 0 unspecified atom stereocenters. The van der Waals surface area contributed by atoms with E-state index in [0.29, 0.717) is 27.1 Å². The Kier molecular flexibility index (Phi) is 7.11. The van der Waals surface area contributed by atoms with E-state index in [-0.39, 0.29) is 16.9 Å². The van der Waals surface area contributed by atoms with Crippen LogP contribution in [0.3, 0.4) is 0 Å². The number of nitriles is 1. The molecule has 2 aromatic carbocycles. The van der Waals surface area contributed by atoms with Crippen LogP contribution in [0.5, 0.6) is 0 Å². The number of rotatable bonds is 6. The Labute approximate surface area is 206 Å². The molecule has 3 aromatic rings. The largest absolute Gasteiger partial charge is 0.452 e. The quantitative estimate of drug-likeness (QED) is 0.366. The Bertz CT molecular complexity index is 1310. The van der Waals surface area contributed by atoms with Crippen LogP contribution in [0.4, 0.5) is 5.00 Å². The first-order chi connectivity index (χ1) is 16.4. The molecule has 172 valence electrons. The van der Waals surface area contributed by atoms with Crippen molar-refractivity contribution in [1.29, 1.82) is 5.26 Å². The summed E-state index contributed by atoms with van der Waals surface area (Å²) in [5.74, 6) is -1.14.